The second-order valence-corrected chi connectivity index (χ2v) is 40.5. The monoisotopic (exact) mass is 724 g/mol. The van der Waals surface area contributed by atoms with Gasteiger partial charge < -0.3 is 0 Å². The predicted octanol–water partition coefficient (Wildman–Crippen LogP) is 11.0. The number of hydrogen-bond donors (Lipinski definition) is 0. The summed E-state index contributed by atoms with van der Waals surface area (Å²) < 4.78 is 9.89. The number of fused-ring (bicyclic) bond motifs is 3. The molecule has 0 N–H and O–H groups in total. The molecular formula is C41H52Hf. The predicted molar refractivity (Wildman–Crippen MR) is 183 cm³/mol. The van der Waals surface area contributed by atoms with Crippen molar-refractivity contribution in [3.63, 3.8) is 0 Å². The standard InChI is InChI=1S/C21H25.C13H16.C5H5.2CH3.Hf/c1-20(2,3)16-7-9-18-14(12-16)11-15-13-17(21(4,5)6)8-10-19(15)18;1-3-7-12(8-4-1)11-13-9-5-2-6-10-13;1-2-4-5-3-1;;;/h7-10,12H,11H2,1-6H3;1,3-4,7-8,13H,2,5-6,9-10H2;1-5H;2*1H3;. The maximum absolute atomic E-state index is 4.32. The van der Waals surface area contributed by atoms with E-state index in [4.69, 9.17) is 0 Å². The van der Waals surface area contributed by atoms with Crippen LogP contribution in [0.2, 0.25) is 13.0 Å². The molecular weight excluding hydrogens is 671 g/mol. The van der Waals surface area contributed by atoms with Gasteiger partial charge in [0.15, 0.2) is 0 Å². The zero-order valence-electron chi connectivity index (χ0n) is 27.5. The Hall–Kier alpha value is -2.12. The van der Waals surface area contributed by atoms with Gasteiger partial charge in [0.25, 0.3) is 0 Å². The van der Waals surface area contributed by atoms with Crippen LogP contribution in [0.5, 0.6) is 0 Å². The molecule has 0 bridgehead atoms. The van der Waals surface area contributed by atoms with E-state index in [-0.39, 0.29) is 10.8 Å². The second kappa shape index (κ2) is 10.5. The maximum atomic E-state index is 2.85. The average molecular weight is 723 g/mol. The Labute approximate surface area is 256 Å². The van der Waals surface area contributed by atoms with Crippen LogP contribution >= 0.6 is 0 Å². The van der Waals surface area contributed by atoms with Gasteiger partial charge >= 0.3 is 258 Å². The first-order chi connectivity index (χ1) is 19.8. The molecule has 0 radical (unpaired) electrons. The van der Waals surface area contributed by atoms with Gasteiger partial charge in [0.2, 0.25) is 0 Å². The third-order valence-electron chi connectivity index (χ3n) is 11.2. The first-order valence-corrected chi connectivity index (χ1v) is 29.4. The molecule has 3 aromatic carbocycles. The first-order valence-electron chi connectivity index (χ1n) is 16.6. The molecule has 0 aliphatic heterocycles. The minimum atomic E-state index is -4.32. The Bertz CT molecular complexity index is 1620. The van der Waals surface area contributed by atoms with E-state index >= 15 is 0 Å². The van der Waals surface area contributed by atoms with Crippen LogP contribution in [0.4, 0.5) is 0 Å². The topological polar surface area (TPSA) is 0 Å². The van der Waals surface area contributed by atoms with E-state index in [0.29, 0.717) is 9.59 Å². The Kier molecular flexibility index (Phi) is 7.48. The normalized spacial score (nSPS) is 17.9. The molecule has 0 saturated heterocycles. The fraction of sp³-hybridized carbons (Fsp3) is 0.439. The molecule has 42 heavy (non-hydrogen) atoms. The summed E-state index contributed by atoms with van der Waals surface area (Å²) >= 11 is -4.32. The van der Waals surface area contributed by atoms with E-state index in [0.717, 1.165) is 6.42 Å². The van der Waals surface area contributed by atoms with E-state index in [1.165, 1.54) is 59.9 Å². The first kappa shape index (κ1) is 29.9. The van der Waals surface area contributed by atoms with Crippen molar-refractivity contribution < 1.29 is 18.0 Å². The molecule has 0 unspecified atom stereocenters. The van der Waals surface area contributed by atoms with Crippen LogP contribution in [0.15, 0.2) is 85.0 Å². The molecule has 0 amide bonds. The van der Waals surface area contributed by atoms with Gasteiger partial charge in [0.1, 0.15) is 0 Å². The Morgan fingerprint density at radius 1 is 0.714 bits per heavy atom. The molecule has 0 nitrogen and oxygen atoms in total. The summed E-state index contributed by atoms with van der Waals surface area (Å²) in [5.41, 5.74) is 11.0. The average Bonchev–Trinajstić information content (AvgIpc) is 3.62. The zero-order valence-corrected chi connectivity index (χ0v) is 31.1. The van der Waals surface area contributed by atoms with Crippen molar-refractivity contribution in [2.24, 2.45) is 5.92 Å². The van der Waals surface area contributed by atoms with Crippen LogP contribution in [-0.2, 0) is 35.3 Å². The molecule has 6 rings (SSSR count). The Balaban J connectivity index is 1.77. The third-order valence-corrected chi connectivity index (χ3v) is 35.8. The Morgan fingerprint density at radius 3 is 1.98 bits per heavy atom. The van der Waals surface area contributed by atoms with Gasteiger partial charge in [-0.05, 0) is 0 Å². The molecule has 0 spiro atoms. The van der Waals surface area contributed by atoms with E-state index in [1.807, 2.05) is 3.26 Å². The summed E-state index contributed by atoms with van der Waals surface area (Å²) in [7, 11) is 0. The quantitative estimate of drug-likeness (QED) is 0.184. The van der Waals surface area contributed by atoms with E-state index in [1.54, 1.807) is 14.4 Å². The number of benzene rings is 3. The summed E-state index contributed by atoms with van der Waals surface area (Å²) in [6, 6.07) is 24.1. The van der Waals surface area contributed by atoms with Crippen LogP contribution in [0.1, 0.15) is 101 Å². The van der Waals surface area contributed by atoms with Crippen molar-refractivity contribution in [2.45, 2.75) is 104 Å². The van der Waals surface area contributed by atoms with Crippen LogP contribution in [-0.4, -0.2) is 3.26 Å². The summed E-state index contributed by atoms with van der Waals surface area (Å²) in [6.07, 6.45) is 17.7. The molecule has 1 fully saturated rings. The van der Waals surface area contributed by atoms with Crippen LogP contribution in [0.25, 0.3) is 11.1 Å². The second-order valence-electron chi connectivity index (χ2n) is 16.5. The van der Waals surface area contributed by atoms with E-state index in [9.17, 15) is 0 Å². The van der Waals surface area contributed by atoms with Gasteiger partial charge in [0, 0.05) is 0 Å². The fourth-order valence-corrected chi connectivity index (χ4v) is 35.6. The summed E-state index contributed by atoms with van der Waals surface area (Å²) in [4.78, 5) is 0. The molecule has 3 aliphatic carbocycles. The van der Waals surface area contributed by atoms with Crippen molar-refractivity contribution in [1.82, 2.24) is 0 Å². The van der Waals surface area contributed by atoms with Gasteiger partial charge in [0.05, 0.1) is 0 Å². The molecule has 0 aromatic heterocycles. The zero-order chi connectivity index (χ0) is 29.9. The van der Waals surface area contributed by atoms with Gasteiger partial charge in [-0.2, -0.15) is 0 Å². The summed E-state index contributed by atoms with van der Waals surface area (Å²) in [5.74, 6) is 0.675. The molecule has 220 valence electrons. The third kappa shape index (κ3) is 4.87. The number of hydrogen-bond acceptors (Lipinski definition) is 0. The van der Waals surface area contributed by atoms with Gasteiger partial charge in [-0.15, -0.1) is 0 Å². The molecule has 1 heteroatoms. The van der Waals surface area contributed by atoms with Gasteiger partial charge in [-0.25, -0.2) is 0 Å². The molecule has 3 aliphatic rings. The van der Waals surface area contributed by atoms with Crippen LogP contribution < -0.4 is 3.32 Å². The Morgan fingerprint density at radius 2 is 1.36 bits per heavy atom. The van der Waals surface area contributed by atoms with Crippen molar-refractivity contribution in [3.05, 3.63) is 113 Å². The van der Waals surface area contributed by atoms with Crippen LogP contribution in [0.3, 0.4) is 0 Å². The van der Waals surface area contributed by atoms with Crippen molar-refractivity contribution in [3.8, 4) is 11.1 Å². The van der Waals surface area contributed by atoms with Crippen molar-refractivity contribution >= 4 is 6.58 Å². The minimum absolute atomic E-state index is 0.0691. The van der Waals surface area contributed by atoms with Crippen molar-refractivity contribution in [2.75, 3.05) is 0 Å². The molecule has 3 aromatic rings. The summed E-state index contributed by atoms with van der Waals surface area (Å²) in [5, 5.41) is 0. The van der Waals surface area contributed by atoms with Gasteiger partial charge in [-0.3, -0.25) is 0 Å². The van der Waals surface area contributed by atoms with Gasteiger partial charge in [-0.1, -0.05) is 0 Å². The molecule has 1 saturated carbocycles. The molecule has 0 heterocycles. The van der Waals surface area contributed by atoms with Crippen LogP contribution in [0, 0.1) is 5.92 Å². The fourth-order valence-electron chi connectivity index (χ4n) is 9.05. The van der Waals surface area contributed by atoms with Crippen molar-refractivity contribution in [1.29, 1.82) is 0 Å². The number of rotatable bonds is 4. The van der Waals surface area contributed by atoms with E-state index < -0.39 is 18.0 Å². The molecule has 0 atom stereocenters. The summed E-state index contributed by atoms with van der Waals surface area (Å²) in [6.45, 7) is 14.4. The number of allylic oxidation sites excluding steroid dienone is 4. The SMILES string of the molecule is CC(C)(C)c1ccc2c(c1)Cc1c-2ccc(C(C)(C)C)[c]1[Hf]([CH3])([CH3])(=[C](c1ccccc1)C1CCCCC1)[CH]1C=CC=C1. The van der Waals surface area contributed by atoms with E-state index in [2.05, 4.69) is 136 Å².